The summed E-state index contributed by atoms with van der Waals surface area (Å²) in [5.41, 5.74) is 0. The molecule has 0 saturated carbocycles. The molecule has 2 nitrogen and oxygen atoms in total. The average Bonchev–Trinajstić information content (AvgIpc) is 1.38. The van der Waals surface area contributed by atoms with Gasteiger partial charge in [-0.05, 0) is 0 Å². The van der Waals surface area contributed by atoms with Gasteiger partial charge in [0.25, 0.3) is 0 Å². The molecule has 2 N–H and O–H groups in total. The second-order valence-corrected chi connectivity index (χ2v) is 5.52. The van der Waals surface area contributed by atoms with Gasteiger partial charge in [-0.1, -0.05) is 0 Å². The molecule has 0 radical (unpaired) electrons. The van der Waals surface area contributed by atoms with Gasteiger partial charge in [0.15, 0.2) is 0 Å². The normalized spacial score (nSPS) is 12.7. The summed E-state index contributed by atoms with van der Waals surface area (Å²) in [6.45, 7) is 2.09. The molecule has 3 heteroatoms. The first-order valence-electron chi connectivity index (χ1n) is 1.63. The van der Waals surface area contributed by atoms with Crippen molar-refractivity contribution in [3.05, 3.63) is 0 Å². The molecule has 0 fully saturated rings. The summed E-state index contributed by atoms with van der Waals surface area (Å²) in [4.78, 5) is 0. The fourth-order valence-electron chi connectivity index (χ4n) is 0. The van der Waals surface area contributed by atoms with Crippen LogP contribution in [0.15, 0.2) is 0 Å². The molecule has 1 unspecified atom stereocenters. The molecule has 0 aliphatic carbocycles. The van der Waals surface area contributed by atoms with Crippen molar-refractivity contribution in [3.63, 3.8) is 0 Å². The SMILES string of the molecule is CO[CH](C)[Hg].O. The molecule has 35 valence electrons. The molecular weight excluding hydrogens is 269 g/mol. The summed E-state index contributed by atoms with van der Waals surface area (Å²) >= 11 is 0.806. The Morgan fingerprint density at radius 1 is 1.67 bits per heavy atom. The Balaban J connectivity index is 0. The minimum absolute atomic E-state index is 0. The molecule has 0 heterocycles. The Morgan fingerprint density at radius 2 is 1.83 bits per heavy atom. The number of rotatable bonds is 1. The molecule has 0 aromatic rings. The van der Waals surface area contributed by atoms with Gasteiger partial charge in [0.05, 0.1) is 0 Å². The smallest absolute Gasteiger partial charge is 0.412 e. The Labute approximate surface area is 54.2 Å². The van der Waals surface area contributed by atoms with Crippen molar-refractivity contribution in [1.82, 2.24) is 0 Å². The first-order chi connectivity index (χ1) is 2.27. The monoisotopic (exact) mass is 279 g/mol. The molecule has 0 aliphatic heterocycles. The Morgan fingerprint density at radius 3 is 1.83 bits per heavy atom. The van der Waals surface area contributed by atoms with Crippen LogP contribution in [0.1, 0.15) is 6.92 Å². The van der Waals surface area contributed by atoms with Gasteiger partial charge >= 0.3 is 48.5 Å². The van der Waals surface area contributed by atoms with E-state index in [0.717, 1.165) is 26.1 Å². The molecular formula is C3H9HgO2. The van der Waals surface area contributed by atoms with E-state index >= 15 is 0 Å². The van der Waals surface area contributed by atoms with Gasteiger partial charge in [0.2, 0.25) is 0 Å². The molecule has 1 atom stereocenters. The molecule has 0 rings (SSSR count). The van der Waals surface area contributed by atoms with Crippen LogP contribution in [-0.2, 0) is 30.9 Å². The van der Waals surface area contributed by atoms with Gasteiger partial charge in [-0.3, -0.25) is 0 Å². The summed E-state index contributed by atoms with van der Waals surface area (Å²) in [5.74, 6) is 0. The van der Waals surface area contributed by atoms with Gasteiger partial charge in [0, 0.05) is 0 Å². The van der Waals surface area contributed by atoms with Crippen LogP contribution in [0.4, 0.5) is 0 Å². The summed E-state index contributed by atoms with van der Waals surface area (Å²) in [5, 5.41) is 0. The molecule has 0 aliphatic rings. The van der Waals surface area contributed by atoms with Crippen LogP contribution in [0.3, 0.4) is 0 Å². The quantitative estimate of drug-likeness (QED) is 0.607. The van der Waals surface area contributed by atoms with E-state index in [1.807, 2.05) is 0 Å². The van der Waals surface area contributed by atoms with E-state index in [0.29, 0.717) is 3.61 Å². The maximum atomic E-state index is 4.84. The Bertz CT molecular complexity index is 22.8. The summed E-state index contributed by atoms with van der Waals surface area (Å²) in [6.07, 6.45) is 0. The number of ether oxygens (including phenoxy) is 1. The second kappa shape index (κ2) is 5.86. The number of hydrogen-bond acceptors (Lipinski definition) is 1. The maximum Gasteiger partial charge on any atom is -0.412 e. The van der Waals surface area contributed by atoms with Crippen molar-refractivity contribution in [2.24, 2.45) is 0 Å². The Hall–Kier alpha value is 0.855. The molecule has 6 heavy (non-hydrogen) atoms. The van der Waals surface area contributed by atoms with Crippen LogP contribution in [0, 0.1) is 0 Å². The van der Waals surface area contributed by atoms with Crippen molar-refractivity contribution >= 4 is 0 Å². The van der Waals surface area contributed by atoms with Crippen LogP contribution in [0.25, 0.3) is 0 Å². The van der Waals surface area contributed by atoms with Gasteiger partial charge in [0.1, 0.15) is 0 Å². The van der Waals surface area contributed by atoms with E-state index in [2.05, 4.69) is 6.92 Å². The van der Waals surface area contributed by atoms with Gasteiger partial charge in [-0.2, -0.15) is 0 Å². The largest absolute Gasteiger partial charge is 0.412 e. The van der Waals surface area contributed by atoms with Crippen LogP contribution in [0.5, 0.6) is 0 Å². The minimum atomic E-state index is 0. The zero-order valence-electron chi connectivity index (χ0n) is 4.19. The first kappa shape index (κ1) is 9.97. The van der Waals surface area contributed by atoms with Crippen molar-refractivity contribution in [1.29, 1.82) is 0 Å². The third kappa shape index (κ3) is 8.85. The molecule has 0 aromatic carbocycles. The van der Waals surface area contributed by atoms with E-state index in [-0.39, 0.29) is 5.48 Å². The second-order valence-electron chi connectivity index (χ2n) is 1.05. The summed E-state index contributed by atoms with van der Waals surface area (Å²) in [7, 11) is 1.75. The molecule has 0 aromatic heterocycles. The molecule has 0 spiro atoms. The van der Waals surface area contributed by atoms with Crippen LogP contribution >= 0.6 is 0 Å². The summed E-state index contributed by atoms with van der Waals surface area (Å²) in [6, 6.07) is 0. The van der Waals surface area contributed by atoms with Gasteiger partial charge in [-0.15, -0.1) is 0 Å². The molecule has 0 amide bonds. The maximum absolute atomic E-state index is 4.84. The Kier molecular flexibility index (Phi) is 9.73. The van der Waals surface area contributed by atoms with E-state index in [4.69, 9.17) is 4.74 Å². The zero-order valence-corrected chi connectivity index (χ0v) is 9.69. The minimum Gasteiger partial charge on any atom is -0.412 e. The standard InChI is InChI=1S/C3H7O.Hg.H2O/c1-3-4-2;;/h3H,1-2H3;;1H2. The van der Waals surface area contributed by atoms with Crippen molar-refractivity contribution in [2.45, 2.75) is 10.5 Å². The van der Waals surface area contributed by atoms with E-state index in [1.165, 1.54) is 0 Å². The molecule has 0 bridgehead atoms. The van der Waals surface area contributed by atoms with Crippen molar-refractivity contribution in [3.8, 4) is 0 Å². The average molecular weight is 278 g/mol. The van der Waals surface area contributed by atoms with Gasteiger partial charge in [-0.25, -0.2) is 0 Å². The first-order valence-corrected chi connectivity index (χ1v) is 4.80. The predicted molar refractivity (Wildman–Crippen MR) is 20.1 cm³/mol. The third-order valence-electron chi connectivity index (χ3n) is 0.402. The van der Waals surface area contributed by atoms with Crippen molar-refractivity contribution in [2.75, 3.05) is 7.11 Å². The van der Waals surface area contributed by atoms with E-state index in [1.54, 1.807) is 7.11 Å². The fourth-order valence-corrected chi connectivity index (χ4v) is 0. The van der Waals surface area contributed by atoms with Gasteiger partial charge < -0.3 is 5.48 Å². The van der Waals surface area contributed by atoms with E-state index < -0.39 is 0 Å². The van der Waals surface area contributed by atoms with Crippen molar-refractivity contribution < 1.29 is 36.3 Å². The molecule has 0 saturated heterocycles. The third-order valence-corrected chi connectivity index (χ3v) is 1.70. The van der Waals surface area contributed by atoms with Crippen LogP contribution in [-0.4, -0.2) is 16.2 Å². The number of methoxy groups -OCH3 is 1. The van der Waals surface area contributed by atoms with Crippen LogP contribution < -0.4 is 0 Å². The summed E-state index contributed by atoms with van der Waals surface area (Å²) < 4.78 is 5.42. The van der Waals surface area contributed by atoms with Crippen LogP contribution in [0.2, 0.25) is 0 Å². The van der Waals surface area contributed by atoms with E-state index in [9.17, 15) is 0 Å². The zero-order chi connectivity index (χ0) is 4.28. The topological polar surface area (TPSA) is 40.7 Å². The number of hydrogen-bond donors (Lipinski definition) is 0. The predicted octanol–water partition coefficient (Wildman–Crippen LogP) is -0.299. The fraction of sp³-hybridized carbons (Fsp3) is 1.00.